The number of hydrogen-bond donors (Lipinski definition) is 1. The molecular formula is C15H19BN2O2. The van der Waals surface area contributed by atoms with Gasteiger partial charge in [0.25, 0.3) is 0 Å². The Bertz CT molecular complexity index is 592. The van der Waals surface area contributed by atoms with Gasteiger partial charge < -0.3 is 14.3 Å². The second kappa shape index (κ2) is 4.47. The molecule has 2 heterocycles. The van der Waals surface area contributed by atoms with Gasteiger partial charge in [-0.2, -0.15) is 0 Å². The van der Waals surface area contributed by atoms with Gasteiger partial charge in [-0.3, -0.25) is 0 Å². The first-order valence-electron chi connectivity index (χ1n) is 6.83. The van der Waals surface area contributed by atoms with E-state index in [1.165, 1.54) is 0 Å². The highest BCUT2D eigenvalue weighted by Gasteiger charge is 2.51. The van der Waals surface area contributed by atoms with Gasteiger partial charge in [0.1, 0.15) is 0 Å². The minimum atomic E-state index is -0.331. The molecule has 5 heteroatoms. The van der Waals surface area contributed by atoms with Crippen LogP contribution in [0.4, 0.5) is 0 Å². The molecule has 104 valence electrons. The summed E-state index contributed by atoms with van der Waals surface area (Å²) in [6.45, 7) is 8.25. The van der Waals surface area contributed by atoms with Crippen LogP contribution in [0.3, 0.4) is 0 Å². The van der Waals surface area contributed by atoms with E-state index in [1.54, 1.807) is 6.33 Å². The van der Waals surface area contributed by atoms with Crippen molar-refractivity contribution in [1.82, 2.24) is 9.97 Å². The third kappa shape index (κ3) is 2.17. The number of aromatic amines is 1. The molecule has 1 saturated heterocycles. The Morgan fingerprint density at radius 3 is 2.40 bits per heavy atom. The van der Waals surface area contributed by atoms with E-state index in [1.807, 2.05) is 24.4 Å². The molecule has 0 bridgehead atoms. The molecule has 2 aromatic rings. The van der Waals surface area contributed by atoms with Gasteiger partial charge in [0.05, 0.1) is 29.4 Å². The summed E-state index contributed by atoms with van der Waals surface area (Å²) in [6, 6.07) is 8.16. The maximum Gasteiger partial charge on any atom is 0.494 e. The molecule has 3 rings (SSSR count). The Balaban J connectivity index is 1.91. The van der Waals surface area contributed by atoms with E-state index in [0.717, 1.165) is 16.7 Å². The van der Waals surface area contributed by atoms with Crippen molar-refractivity contribution in [3.05, 3.63) is 36.8 Å². The predicted octanol–water partition coefficient (Wildman–Crippen LogP) is 2.38. The van der Waals surface area contributed by atoms with Crippen LogP contribution in [0.15, 0.2) is 36.8 Å². The predicted molar refractivity (Wildman–Crippen MR) is 79.7 cm³/mol. The van der Waals surface area contributed by atoms with Crippen LogP contribution in [-0.2, 0) is 9.31 Å². The molecule has 1 fully saturated rings. The fourth-order valence-electron chi connectivity index (χ4n) is 2.25. The first kappa shape index (κ1) is 13.4. The molecule has 20 heavy (non-hydrogen) atoms. The van der Waals surface area contributed by atoms with Gasteiger partial charge in [-0.25, -0.2) is 4.98 Å². The summed E-state index contributed by atoms with van der Waals surface area (Å²) < 4.78 is 12.1. The summed E-state index contributed by atoms with van der Waals surface area (Å²) in [7, 11) is -0.331. The highest BCUT2D eigenvalue weighted by Crippen LogP contribution is 2.36. The lowest BCUT2D eigenvalue weighted by Crippen LogP contribution is -2.41. The van der Waals surface area contributed by atoms with E-state index >= 15 is 0 Å². The number of rotatable bonds is 2. The van der Waals surface area contributed by atoms with Crippen LogP contribution in [-0.4, -0.2) is 28.3 Å². The van der Waals surface area contributed by atoms with Crippen LogP contribution in [0, 0.1) is 0 Å². The molecule has 4 nitrogen and oxygen atoms in total. The smallest absolute Gasteiger partial charge is 0.399 e. The van der Waals surface area contributed by atoms with Crippen molar-refractivity contribution in [2.45, 2.75) is 38.9 Å². The molecule has 0 spiro atoms. The van der Waals surface area contributed by atoms with Crippen molar-refractivity contribution in [1.29, 1.82) is 0 Å². The number of nitrogens with one attached hydrogen (secondary N) is 1. The van der Waals surface area contributed by atoms with Gasteiger partial charge in [-0.05, 0) is 38.7 Å². The number of aromatic nitrogens is 2. The lowest BCUT2D eigenvalue weighted by atomic mass is 9.78. The average Bonchev–Trinajstić information content (AvgIpc) is 2.97. The van der Waals surface area contributed by atoms with E-state index in [9.17, 15) is 0 Å². The molecule has 0 aliphatic carbocycles. The van der Waals surface area contributed by atoms with Crippen molar-refractivity contribution < 1.29 is 9.31 Å². The van der Waals surface area contributed by atoms with Crippen molar-refractivity contribution in [3.63, 3.8) is 0 Å². The maximum absolute atomic E-state index is 6.07. The van der Waals surface area contributed by atoms with E-state index in [0.29, 0.717) is 0 Å². The van der Waals surface area contributed by atoms with Crippen molar-refractivity contribution in [2.75, 3.05) is 0 Å². The Morgan fingerprint density at radius 2 is 1.80 bits per heavy atom. The number of nitrogens with zero attached hydrogens (tertiary/aromatic N) is 1. The monoisotopic (exact) mass is 270 g/mol. The van der Waals surface area contributed by atoms with Crippen LogP contribution in [0.5, 0.6) is 0 Å². The number of benzene rings is 1. The fraction of sp³-hybridized carbons (Fsp3) is 0.400. The van der Waals surface area contributed by atoms with Gasteiger partial charge in [-0.1, -0.05) is 24.3 Å². The van der Waals surface area contributed by atoms with Crippen molar-refractivity contribution >= 4 is 12.6 Å². The summed E-state index contributed by atoms with van der Waals surface area (Å²) in [5, 5.41) is 0. The van der Waals surface area contributed by atoms with Crippen LogP contribution in [0.2, 0.25) is 0 Å². The lowest BCUT2D eigenvalue weighted by Gasteiger charge is -2.32. The topological polar surface area (TPSA) is 47.1 Å². The first-order chi connectivity index (χ1) is 9.39. The SMILES string of the molecule is CC1(C)OB(c2cccc(-c3cnc[nH]3)c2)OC1(C)C. The largest absolute Gasteiger partial charge is 0.494 e. The average molecular weight is 270 g/mol. The number of H-pyrrole nitrogens is 1. The van der Waals surface area contributed by atoms with E-state index < -0.39 is 0 Å². The molecule has 0 amide bonds. The first-order valence-corrected chi connectivity index (χ1v) is 6.83. The highest BCUT2D eigenvalue weighted by molar-refractivity contribution is 6.62. The Labute approximate surface area is 119 Å². The summed E-state index contributed by atoms with van der Waals surface area (Å²) in [6.07, 6.45) is 3.49. The van der Waals surface area contributed by atoms with Crippen molar-refractivity contribution in [2.24, 2.45) is 0 Å². The minimum absolute atomic E-state index is 0.318. The number of hydrogen-bond acceptors (Lipinski definition) is 3. The zero-order valence-corrected chi connectivity index (χ0v) is 12.3. The Kier molecular flexibility index (Phi) is 2.99. The van der Waals surface area contributed by atoms with Gasteiger partial charge in [0.2, 0.25) is 0 Å². The zero-order valence-electron chi connectivity index (χ0n) is 12.3. The van der Waals surface area contributed by atoms with Crippen LogP contribution in [0.25, 0.3) is 11.3 Å². The maximum atomic E-state index is 6.07. The quantitative estimate of drug-likeness (QED) is 0.852. The van der Waals surface area contributed by atoms with Crippen LogP contribution < -0.4 is 5.46 Å². The summed E-state index contributed by atoms with van der Waals surface area (Å²) in [5.74, 6) is 0. The third-order valence-corrected chi connectivity index (χ3v) is 4.22. The van der Waals surface area contributed by atoms with E-state index in [4.69, 9.17) is 9.31 Å². The van der Waals surface area contributed by atoms with Gasteiger partial charge in [0.15, 0.2) is 0 Å². The van der Waals surface area contributed by atoms with Gasteiger partial charge in [0, 0.05) is 0 Å². The summed E-state index contributed by atoms with van der Waals surface area (Å²) in [4.78, 5) is 7.16. The van der Waals surface area contributed by atoms with E-state index in [2.05, 4.69) is 43.7 Å². The van der Waals surface area contributed by atoms with Crippen molar-refractivity contribution in [3.8, 4) is 11.3 Å². The minimum Gasteiger partial charge on any atom is -0.399 e. The molecule has 1 aromatic carbocycles. The fourth-order valence-corrected chi connectivity index (χ4v) is 2.25. The number of imidazole rings is 1. The molecule has 1 aliphatic heterocycles. The molecule has 0 saturated carbocycles. The highest BCUT2D eigenvalue weighted by atomic mass is 16.7. The second-order valence-electron chi connectivity index (χ2n) is 6.18. The zero-order chi connectivity index (χ0) is 14.4. The molecule has 1 aliphatic rings. The van der Waals surface area contributed by atoms with Crippen LogP contribution in [0.1, 0.15) is 27.7 Å². The molecule has 1 aromatic heterocycles. The van der Waals surface area contributed by atoms with Gasteiger partial charge in [-0.15, -0.1) is 0 Å². The Hall–Kier alpha value is -1.59. The Morgan fingerprint density at radius 1 is 1.10 bits per heavy atom. The molecule has 0 atom stereocenters. The van der Waals surface area contributed by atoms with Gasteiger partial charge >= 0.3 is 7.12 Å². The summed E-state index contributed by atoms with van der Waals surface area (Å²) >= 11 is 0. The van der Waals surface area contributed by atoms with Crippen LogP contribution >= 0.6 is 0 Å². The normalized spacial score (nSPS) is 20.3. The molecular weight excluding hydrogens is 251 g/mol. The summed E-state index contributed by atoms with van der Waals surface area (Å²) in [5.41, 5.74) is 2.46. The molecule has 0 unspecified atom stereocenters. The lowest BCUT2D eigenvalue weighted by molar-refractivity contribution is 0.00578. The molecule has 0 radical (unpaired) electrons. The second-order valence-corrected chi connectivity index (χ2v) is 6.18. The third-order valence-electron chi connectivity index (χ3n) is 4.22. The molecule has 1 N–H and O–H groups in total. The standard InChI is InChI=1S/C15H19BN2O2/c1-14(2)15(3,4)20-16(19-14)12-7-5-6-11(8-12)13-9-17-10-18-13/h5-10H,1-4H3,(H,17,18). The van der Waals surface area contributed by atoms with E-state index in [-0.39, 0.29) is 18.3 Å².